The number of hydrogen-bond donors (Lipinski definition) is 2. The van der Waals surface area contributed by atoms with Crippen LogP contribution in [0, 0.1) is 0 Å². The smallest absolute Gasteiger partial charge is 0.407 e. The number of nitrogens with one attached hydrogen (secondary N) is 2. The Morgan fingerprint density at radius 3 is 2.55 bits per heavy atom. The summed E-state index contributed by atoms with van der Waals surface area (Å²) in [5.74, 6) is -0.814. The average molecular weight is 406 g/mol. The van der Waals surface area contributed by atoms with E-state index in [1.165, 1.54) is 9.13 Å². The van der Waals surface area contributed by atoms with E-state index >= 15 is 0 Å². The number of alkyl carbamates (subject to hydrolysis) is 1. The molecule has 1 saturated heterocycles. The molecule has 2 heterocycles. The highest BCUT2D eigenvalue weighted by Crippen LogP contribution is 2.14. The van der Waals surface area contributed by atoms with Gasteiger partial charge in [-0.2, -0.15) is 0 Å². The Kier molecular flexibility index (Phi) is 6.71. The minimum absolute atomic E-state index is 0.186. The molecule has 1 unspecified atom stereocenters. The molecule has 1 aromatic heterocycles. The predicted octanol–water partition coefficient (Wildman–Crippen LogP) is 0.0503. The summed E-state index contributed by atoms with van der Waals surface area (Å²) in [5.41, 5.74) is 0.0314. The molecule has 0 radical (unpaired) electrons. The van der Waals surface area contributed by atoms with E-state index in [1.54, 1.807) is 27.8 Å². The molecule has 0 aromatic carbocycles. The number of carbonyl (C=O) groups excluding carboxylic acids is 3. The normalized spacial score (nSPS) is 18.3. The second-order valence-electron chi connectivity index (χ2n) is 8.29. The van der Waals surface area contributed by atoms with Gasteiger partial charge < -0.3 is 10.1 Å². The van der Waals surface area contributed by atoms with Crippen molar-refractivity contribution in [2.45, 2.75) is 65.0 Å². The fourth-order valence-corrected chi connectivity index (χ4v) is 3.44. The number of hydrogen-bond acceptors (Lipinski definition) is 5. The number of ether oxygens (including phenoxy) is 1. The highest BCUT2D eigenvalue weighted by atomic mass is 16.6. The van der Waals surface area contributed by atoms with Crippen LogP contribution < -0.4 is 27.0 Å². The van der Waals surface area contributed by atoms with Gasteiger partial charge >= 0.3 is 11.8 Å². The van der Waals surface area contributed by atoms with Crippen molar-refractivity contribution >= 4 is 30.1 Å². The Labute approximate surface area is 169 Å². The molecule has 1 aliphatic rings. The zero-order valence-electron chi connectivity index (χ0n) is 17.8. The average Bonchev–Trinajstić information content (AvgIpc) is 2.80. The molecular weight excluding hydrogens is 376 g/mol. The van der Waals surface area contributed by atoms with Crippen LogP contribution in [0.3, 0.4) is 0 Å². The molecule has 9 nitrogen and oxygen atoms in total. The number of imide groups is 1. The van der Waals surface area contributed by atoms with Crippen molar-refractivity contribution in [3.8, 4) is 0 Å². The summed E-state index contributed by atoms with van der Waals surface area (Å²) in [7, 11) is 1.64. The number of amides is 3. The third-order valence-electron chi connectivity index (χ3n) is 4.72. The van der Waals surface area contributed by atoms with Crippen molar-refractivity contribution in [3.05, 3.63) is 21.2 Å². The maximum atomic E-state index is 12.7. The lowest BCUT2D eigenvalue weighted by Gasteiger charge is -2.21. The van der Waals surface area contributed by atoms with E-state index in [9.17, 15) is 19.2 Å². The molecule has 9 heteroatoms. The summed E-state index contributed by atoms with van der Waals surface area (Å²) in [5, 5.41) is 6.09. The van der Waals surface area contributed by atoms with Gasteiger partial charge in [0.25, 0.3) is 0 Å². The van der Waals surface area contributed by atoms with E-state index in [0.717, 1.165) is 5.57 Å². The minimum atomic E-state index is -0.741. The lowest BCUT2D eigenvalue weighted by molar-refractivity contribution is -0.135. The van der Waals surface area contributed by atoms with Crippen molar-refractivity contribution in [2.24, 2.45) is 7.05 Å². The topological polar surface area (TPSA) is 111 Å². The fraction of sp³-hybridized carbons (Fsp3) is 0.600. The first-order valence-corrected chi connectivity index (χ1v) is 9.69. The molecule has 29 heavy (non-hydrogen) atoms. The van der Waals surface area contributed by atoms with Crippen LogP contribution in [-0.2, 0) is 21.4 Å². The maximum Gasteiger partial charge on any atom is 0.407 e. The third-order valence-corrected chi connectivity index (χ3v) is 4.72. The molecule has 1 aliphatic heterocycles. The van der Waals surface area contributed by atoms with Crippen molar-refractivity contribution in [3.63, 3.8) is 0 Å². The van der Waals surface area contributed by atoms with Gasteiger partial charge in [0, 0.05) is 20.0 Å². The van der Waals surface area contributed by atoms with Gasteiger partial charge in [-0.1, -0.05) is 6.58 Å². The predicted molar refractivity (Wildman–Crippen MR) is 108 cm³/mol. The highest BCUT2D eigenvalue weighted by Gasteiger charge is 2.30. The molecule has 160 valence electrons. The summed E-state index contributed by atoms with van der Waals surface area (Å²) < 4.78 is 8.03. The van der Waals surface area contributed by atoms with Crippen LogP contribution in [0.25, 0.3) is 12.2 Å². The zero-order valence-corrected chi connectivity index (χ0v) is 17.8. The quantitative estimate of drug-likeness (QED) is 0.530. The molecule has 0 aliphatic carbocycles. The lowest BCUT2D eigenvalue weighted by Crippen LogP contribution is -2.47. The molecule has 2 rings (SSSR count). The number of aromatic nitrogens is 2. The van der Waals surface area contributed by atoms with Gasteiger partial charge in [-0.25, -0.2) is 9.59 Å². The van der Waals surface area contributed by atoms with Gasteiger partial charge in [0.1, 0.15) is 11.6 Å². The van der Waals surface area contributed by atoms with Gasteiger partial charge in [-0.15, -0.1) is 0 Å². The van der Waals surface area contributed by atoms with Crippen LogP contribution in [0.4, 0.5) is 4.79 Å². The SMILES string of the molecule is C=c1/c(=C(\C)CCCNC(=O)OC(C)(C)C)n(C)c(=O)n1C1CCC(=O)NC1=O. The monoisotopic (exact) mass is 406 g/mol. The van der Waals surface area contributed by atoms with Crippen molar-refractivity contribution < 1.29 is 19.1 Å². The van der Waals surface area contributed by atoms with Gasteiger partial charge in [0.05, 0.1) is 10.7 Å². The minimum Gasteiger partial charge on any atom is -0.444 e. The molecular formula is C20H30N4O5. The van der Waals surface area contributed by atoms with E-state index in [4.69, 9.17) is 4.74 Å². The van der Waals surface area contributed by atoms with E-state index in [2.05, 4.69) is 17.2 Å². The van der Waals surface area contributed by atoms with E-state index in [1.807, 2.05) is 6.92 Å². The molecule has 0 bridgehead atoms. The molecule has 0 spiro atoms. The Balaban J connectivity index is 2.15. The Hall–Kier alpha value is -2.84. The van der Waals surface area contributed by atoms with Gasteiger partial charge in [0.15, 0.2) is 0 Å². The Morgan fingerprint density at radius 1 is 1.31 bits per heavy atom. The first-order valence-electron chi connectivity index (χ1n) is 9.69. The number of piperidine rings is 1. The fourth-order valence-electron chi connectivity index (χ4n) is 3.44. The van der Waals surface area contributed by atoms with Gasteiger partial charge in [-0.05, 0) is 52.5 Å². The summed E-state index contributed by atoms with van der Waals surface area (Å²) in [4.78, 5) is 48.0. The van der Waals surface area contributed by atoms with Crippen LogP contribution in [0.15, 0.2) is 4.79 Å². The number of imidazole rings is 1. The molecule has 3 amide bonds. The Bertz CT molecular complexity index is 980. The zero-order chi connectivity index (χ0) is 21.9. The third kappa shape index (κ3) is 5.36. The lowest BCUT2D eigenvalue weighted by atomic mass is 10.1. The first kappa shape index (κ1) is 22.4. The molecule has 1 aromatic rings. The van der Waals surface area contributed by atoms with E-state index < -0.39 is 23.6 Å². The van der Waals surface area contributed by atoms with E-state index in [0.29, 0.717) is 30.1 Å². The van der Waals surface area contributed by atoms with Crippen LogP contribution in [0.1, 0.15) is 59.4 Å². The molecule has 1 fully saturated rings. The number of nitrogens with zero attached hydrogens (tertiary/aromatic N) is 2. The van der Waals surface area contributed by atoms with Crippen molar-refractivity contribution in [2.75, 3.05) is 6.54 Å². The second kappa shape index (κ2) is 8.67. The Morgan fingerprint density at radius 2 is 1.97 bits per heavy atom. The largest absolute Gasteiger partial charge is 0.444 e. The van der Waals surface area contributed by atoms with Gasteiger partial charge in [-0.3, -0.25) is 24.0 Å². The maximum absolute atomic E-state index is 12.7. The standard InChI is InChI=1S/C20H30N4O5/c1-12(8-7-11-21-18(27)29-20(3,4)5)16-13(2)24(19(28)23(16)6)14-9-10-15(25)22-17(14)26/h14H,2,7-11H2,1,3-6H3,(H,21,27)(H,22,25,26)/b16-12-. The first-order chi connectivity index (χ1) is 13.4. The molecule has 0 saturated carbocycles. The van der Waals surface area contributed by atoms with Crippen molar-refractivity contribution in [1.82, 2.24) is 19.8 Å². The molecule has 1 atom stereocenters. The van der Waals surface area contributed by atoms with Crippen molar-refractivity contribution in [1.29, 1.82) is 0 Å². The summed E-state index contributed by atoms with van der Waals surface area (Å²) in [6.45, 7) is 11.7. The van der Waals surface area contributed by atoms with Crippen LogP contribution in [0.5, 0.6) is 0 Å². The van der Waals surface area contributed by atoms with Gasteiger partial charge in [0.2, 0.25) is 11.8 Å². The van der Waals surface area contributed by atoms with Crippen LogP contribution in [-0.4, -0.2) is 39.2 Å². The van der Waals surface area contributed by atoms with Crippen LogP contribution in [0.2, 0.25) is 0 Å². The summed E-state index contributed by atoms with van der Waals surface area (Å²) >= 11 is 0. The highest BCUT2D eigenvalue weighted by molar-refractivity contribution is 5.99. The van der Waals surface area contributed by atoms with E-state index in [-0.39, 0.29) is 24.4 Å². The summed E-state index contributed by atoms with van der Waals surface area (Å²) in [6.07, 6.45) is 1.28. The summed E-state index contributed by atoms with van der Waals surface area (Å²) in [6, 6.07) is -0.741. The van der Waals surface area contributed by atoms with Crippen LogP contribution >= 0.6 is 0 Å². The second-order valence-corrected chi connectivity index (χ2v) is 8.29. The number of carbonyl (C=O) groups is 3. The number of rotatable bonds is 5. The molecule has 2 N–H and O–H groups in total.